The molecule has 1 rings (SSSR count). The van der Waals surface area contributed by atoms with Crippen molar-refractivity contribution in [1.29, 1.82) is 0 Å². The average molecular weight is 357 g/mol. The molecule has 0 unspecified atom stereocenters. The van der Waals surface area contributed by atoms with Gasteiger partial charge in [0, 0.05) is 20.1 Å². The number of hydrogen-bond acceptors (Lipinski definition) is 5. The summed E-state index contributed by atoms with van der Waals surface area (Å²) >= 11 is 0. The number of hydrogen-bond donors (Lipinski definition) is 2. The van der Waals surface area contributed by atoms with Crippen molar-refractivity contribution in [1.82, 2.24) is 0 Å². The third-order valence-electron chi connectivity index (χ3n) is 1.51. The Morgan fingerprint density at radius 3 is 1.56 bits per heavy atom. The van der Waals surface area contributed by atoms with Gasteiger partial charge in [-0.25, -0.2) is 0 Å². The molecule has 1 aromatic carbocycles. The molecule has 0 aliphatic heterocycles. The van der Waals surface area contributed by atoms with Gasteiger partial charge in [-0.05, 0) is 39.8 Å². The minimum absolute atomic E-state index is 0.125. The van der Waals surface area contributed by atoms with Gasteiger partial charge in [0.15, 0.2) is 0 Å². The van der Waals surface area contributed by atoms with E-state index >= 15 is 0 Å². The van der Waals surface area contributed by atoms with Crippen molar-refractivity contribution in [2.75, 3.05) is 26.4 Å². The first-order valence-corrected chi connectivity index (χ1v) is 8.12. The van der Waals surface area contributed by atoms with Crippen molar-refractivity contribution in [2.24, 2.45) is 0 Å². The van der Waals surface area contributed by atoms with Crippen molar-refractivity contribution in [3.05, 3.63) is 55.6 Å². The Kier molecular flexibility index (Phi) is 41.5. The highest BCUT2D eigenvalue weighted by Crippen LogP contribution is 2.07. The molecule has 0 heterocycles. The molecule has 146 valence electrons. The number of rotatable bonds is 4. The van der Waals surface area contributed by atoms with Gasteiger partial charge < -0.3 is 19.7 Å². The molecule has 0 aromatic heterocycles. The maximum absolute atomic E-state index is 10.4. The van der Waals surface area contributed by atoms with Gasteiger partial charge in [-0.15, -0.1) is 13.2 Å². The molecule has 0 fully saturated rings. The maximum Gasteiger partial charge on any atom is 0.308 e. The Labute approximate surface area is 153 Å². The molecular weight excluding hydrogens is 320 g/mol. The lowest BCUT2D eigenvalue weighted by Gasteiger charge is -1.97. The first kappa shape index (κ1) is 30.9. The van der Waals surface area contributed by atoms with Gasteiger partial charge in [0.1, 0.15) is 5.75 Å². The number of aliphatic hydroxyl groups excluding tert-OH is 2. The standard InChI is InChI=1S/C8H8O2.C4H10O.2C3H6.C2H6O2/c1-7(9)10-8-5-3-2-4-6-8;1-3-5-4-2;2*1-3-2;3-1-2-4/h2-6H,1H3;3-4H2,1-2H3;2*3H,1H2,2H3;3-4H,1-2H2. The Morgan fingerprint density at radius 1 is 1.00 bits per heavy atom. The van der Waals surface area contributed by atoms with Crippen molar-refractivity contribution in [3.63, 3.8) is 0 Å². The fourth-order valence-electron chi connectivity index (χ4n) is 0.859. The molecule has 0 spiro atoms. The summed E-state index contributed by atoms with van der Waals surface area (Å²) in [6.45, 7) is 17.3. The van der Waals surface area contributed by atoms with Crippen LogP contribution in [0, 0.1) is 0 Å². The molecule has 1 aromatic rings. The lowest BCUT2D eigenvalue weighted by Crippen LogP contribution is -2.00. The van der Waals surface area contributed by atoms with Crippen molar-refractivity contribution in [2.45, 2.75) is 34.6 Å². The fraction of sp³-hybridized carbons (Fsp3) is 0.450. The van der Waals surface area contributed by atoms with Crippen LogP contribution in [0.3, 0.4) is 0 Å². The van der Waals surface area contributed by atoms with Gasteiger partial charge in [-0.1, -0.05) is 30.4 Å². The van der Waals surface area contributed by atoms with Crippen LogP contribution >= 0.6 is 0 Å². The summed E-state index contributed by atoms with van der Waals surface area (Å²) in [5.41, 5.74) is 0. The predicted molar refractivity (Wildman–Crippen MR) is 106 cm³/mol. The minimum Gasteiger partial charge on any atom is -0.427 e. The van der Waals surface area contributed by atoms with Crippen LogP contribution in [0.2, 0.25) is 0 Å². The topological polar surface area (TPSA) is 76.0 Å². The van der Waals surface area contributed by atoms with Crippen LogP contribution in [-0.2, 0) is 9.53 Å². The Hall–Kier alpha value is -1.95. The number of benzene rings is 1. The quantitative estimate of drug-likeness (QED) is 0.484. The Morgan fingerprint density at radius 2 is 1.36 bits per heavy atom. The smallest absolute Gasteiger partial charge is 0.308 e. The normalized spacial score (nSPS) is 7.48. The molecular formula is C20H36O5. The zero-order valence-electron chi connectivity index (χ0n) is 16.4. The van der Waals surface area contributed by atoms with Gasteiger partial charge in [-0.3, -0.25) is 4.79 Å². The van der Waals surface area contributed by atoms with Gasteiger partial charge in [0.25, 0.3) is 0 Å². The van der Waals surface area contributed by atoms with Crippen LogP contribution in [0.5, 0.6) is 5.75 Å². The number of ether oxygens (including phenoxy) is 2. The number of esters is 1. The van der Waals surface area contributed by atoms with Crippen LogP contribution in [0.25, 0.3) is 0 Å². The molecule has 0 bridgehead atoms. The molecule has 0 atom stereocenters. The second-order valence-corrected chi connectivity index (χ2v) is 3.95. The third kappa shape index (κ3) is 52.0. The van der Waals surface area contributed by atoms with E-state index < -0.39 is 0 Å². The summed E-state index contributed by atoms with van der Waals surface area (Å²) in [6, 6.07) is 8.98. The molecule has 25 heavy (non-hydrogen) atoms. The minimum atomic E-state index is -0.286. The van der Waals surface area contributed by atoms with Crippen LogP contribution < -0.4 is 4.74 Å². The Bertz CT molecular complexity index is 354. The molecule has 2 N–H and O–H groups in total. The highest BCUT2D eigenvalue weighted by Gasteiger charge is 1.92. The Balaban J connectivity index is -0.000000125. The first-order chi connectivity index (χ1) is 11.9. The number of carbonyl (C=O) groups excluding carboxylic acids is 1. The largest absolute Gasteiger partial charge is 0.427 e. The molecule has 0 radical (unpaired) electrons. The van der Waals surface area contributed by atoms with Crippen molar-refractivity contribution >= 4 is 5.97 Å². The van der Waals surface area contributed by atoms with Crippen LogP contribution in [0.4, 0.5) is 0 Å². The van der Waals surface area contributed by atoms with Gasteiger partial charge in [0.2, 0.25) is 0 Å². The average Bonchev–Trinajstić information content (AvgIpc) is 2.58. The first-order valence-electron chi connectivity index (χ1n) is 8.12. The molecule has 0 aliphatic carbocycles. The number of aliphatic hydroxyl groups is 2. The predicted octanol–water partition coefficient (Wildman–Crippen LogP) is 4.01. The zero-order chi connectivity index (χ0) is 20.3. The van der Waals surface area contributed by atoms with E-state index in [9.17, 15) is 4.79 Å². The summed E-state index contributed by atoms with van der Waals surface area (Å²) < 4.78 is 9.61. The molecule has 0 saturated carbocycles. The SMILES string of the molecule is C=CC.C=CC.CC(=O)Oc1ccccc1.CCOCC.OCCO. The molecule has 5 heteroatoms. The van der Waals surface area contributed by atoms with Crippen LogP contribution in [0.1, 0.15) is 34.6 Å². The zero-order valence-corrected chi connectivity index (χ0v) is 16.4. The lowest BCUT2D eigenvalue weighted by molar-refractivity contribution is -0.131. The highest BCUT2D eigenvalue weighted by atomic mass is 16.5. The molecule has 0 saturated heterocycles. The summed E-state index contributed by atoms with van der Waals surface area (Å²) in [5, 5.41) is 15.2. The van der Waals surface area contributed by atoms with Crippen LogP contribution in [-0.4, -0.2) is 42.6 Å². The lowest BCUT2D eigenvalue weighted by atomic mass is 10.3. The van der Waals surface area contributed by atoms with E-state index in [0.717, 1.165) is 13.2 Å². The van der Waals surface area contributed by atoms with E-state index in [-0.39, 0.29) is 19.2 Å². The van der Waals surface area contributed by atoms with E-state index in [0.29, 0.717) is 5.75 Å². The van der Waals surface area contributed by atoms with Crippen molar-refractivity contribution in [3.8, 4) is 5.75 Å². The third-order valence-corrected chi connectivity index (χ3v) is 1.51. The summed E-state index contributed by atoms with van der Waals surface area (Å²) in [7, 11) is 0. The maximum atomic E-state index is 10.4. The monoisotopic (exact) mass is 356 g/mol. The van der Waals surface area contributed by atoms with E-state index in [4.69, 9.17) is 19.7 Å². The molecule has 5 nitrogen and oxygen atoms in total. The summed E-state index contributed by atoms with van der Waals surface area (Å²) in [4.78, 5) is 10.4. The van der Waals surface area contributed by atoms with E-state index in [1.807, 2.05) is 45.9 Å². The highest BCUT2D eigenvalue weighted by molar-refractivity contribution is 5.69. The number of carbonyl (C=O) groups is 1. The molecule has 0 amide bonds. The number of allylic oxidation sites excluding steroid dienone is 2. The van der Waals surface area contributed by atoms with E-state index in [2.05, 4.69) is 13.2 Å². The van der Waals surface area contributed by atoms with Gasteiger partial charge in [0.05, 0.1) is 13.2 Å². The summed E-state index contributed by atoms with van der Waals surface area (Å²) in [5.74, 6) is 0.307. The van der Waals surface area contributed by atoms with Crippen molar-refractivity contribution < 1.29 is 24.5 Å². The summed E-state index contributed by atoms with van der Waals surface area (Å²) in [6.07, 6.45) is 3.50. The second-order valence-electron chi connectivity index (χ2n) is 3.95. The van der Waals surface area contributed by atoms with Crippen LogP contribution in [0.15, 0.2) is 55.6 Å². The van der Waals surface area contributed by atoms with E-state index in [1.165, 1.54) is 6.92 Å². The number of para-hydroxylation sites is 1. The van der Waals surface area contributed by atoms with Gasteiger partial charge >= 0.3 is 5.97 Å². The fourth-order valence-corrected chi connectivity index (χ4v) is 0.859. The molecule has 0 aliphatic rings. The second kappa shape index (κ2) is 33.6. The van der Waals surface area contributed by atoms with E-state index in [1.54, 1.807) is 24.3 Å². The van der Waals surface area contributed by atoms with Gasteiger partial charge in [-0.2, -0.15) is 0 Å².